The number of nitrogens with two attached hydrogens (primary N) is 1. The van der Waals surface area contributed by atoms with Crippen LogP contribution in [0.25, 0.3) is 0 Å². The Kier molecular flexibility index (Phi) is 4.67. The van der Waals surface area contributed by atoms with E-state index in [1.165, 1.54) is 6.07 Å². The predicted octanol–water partition coefficient (Wildman–Crippen LogP) is 1.49. The number of ether oxygens (including phenoxy) is 2. The van der Waals surface area contributed by atoms with Crippen LogP contribution in [-0.4, -0.2) is 30.6 Å². The molecule has 1 aliphatic carbocycles. The molecule has 1 amide bonds. The monoisotopic (exact) mass is 292 g/mol. The third-order valence-electron chi connectivity index (χ3n) is 3.05. The Bertz CT molecular complexity index is 540. The average Bonchev–Trinajstić information content (AvgIpc) is 3.22. The SMILES string of the molecule is CCOc1cc(N)cc(C(=O)OC(C)C(=O)NC2CC2)c1. The summed E-state index contributed by atoms with van der Waals surface area (Å²) in [5, 5.41) is 2.79. The summed E-state index contributed by atoms with van der Waals surface area (Å²) in [5.41, 5.74) is 6.40. The lowest BCUT2D eigenvalue weighted by Crippen LogP contribution is -2.37. The fourth-order valence-corrected chi connectivity index (χ4v) is 1.82. The topological polar surface area (TPSA) is 90.7 Å². The lowest BCUT2D eigenvalue weighted by atomic mass is 10.2. The van der Waals surface area contributed by atoms with Crippen molar-refractivity contribution in [3.63, 3.8) is 0 Å². The zero-order valence-electron chi connectivity index (χ0n) is 12.2. The normalized spacial score (nSPS) is 15.1. The number of nitrogens with one attached hydrogen (secondary N) is 1. The first-order valence-corrected chi connectivity index (χ1v) is 7.04. The van der Waals surface area contributed by atoms with E-state index in [1.807, 2.05) is 6.92 Å². The molecule has 1 aromatic carbocycles. The molecule has 0 heterocycles. The summed E-state index contributed by atoms with van der Waals surface area (Å²) in [6.07, 6.45) is 1.13. The zero-order valence-corrected chi connectivity index (χ0v) is 12.2. The highest BCUT2D eigenvalue weighted by Crippen LogP contribution is 2.21. The Balaban J connectivity index is 1.99. The molecule has 2 rings (SSSR count). The molecule has 0 aromatic heterocycles. The minimum absolute atomic E-state index is 0.232. The summed E-state index contributed by atoms with van der Waals surface area (Å²) < 4.78 is 10.5. The van der Waals surface area contributed by atoms with E-state index in [-0.39, 0.29) is 17.5 Å². The number of esters is 1. The predicted molar refractivity (Wildman–Crippen MR) is 78.1 cm³/mol. The lowest BCUT2D eigenvalue weighted by Gasteiger charge is -2.14. The molecule has 6 heteroatoms. The highest BCUT2D eigenvalue weighted by Gasteiger charge is 2.27. The maximum Gasteiger partial charge on any atom is 0.339 e. The number of rotatable bonds is 6. The molecule has 3 N–H and O–H groups in total. The number of carbonyl (C=O) groups excluding carboxylic acids is 2. The Morgan fingerprint density at radius 1 is 1.38 bits per heavy atom. The smallest absolute Gasteiger partial charge is 0.339 e. The minimum Gasteiger partial charge on any atom is -0.494 e. The van der Waals surface area contributed by atoms with Gasteiger partial charge in [-0.2, -0.15) is 0 Å². The fraction of sp³-hybridized carbons (Fsp3) is 0.467. The Hall–Kier alpha value is -2.24. The minimum atomic E-state index is -0.838. The second-order valence-electron chi connectivity index (χ2n) is 5.05. The molecular weight excluding hydrogens is 272 g/mol. The van der Waals surface area contributed by atoms with Crippen LogP contribution >= 0.6 is 0 Å². The quantitative estimate of drug-likeness (QED) is 0.612. The van der Waals surface area contributed by atoms with Gasteiger partial charge in [0.1, 0.15) is 5.75 Å². The summed E-state index contributed by atoms with van der Waals surface area (Å²) in [5.74, 6) is -0.374. The van der Waals surface area contributed by atoms with Gasteiger partial charge in [-0.05, 0) is 38.8 Å². The maximum atomic E-state index is 12.1. The van der Waals surface area contributed by atoms with Gasteiger partial charge in [-0.15, -0.1) is 0 Å². The van der Waals surface area contributed by atoms with Gasteiger partial charge in [-0.25, -0.2) is 4.79 Å². The number of carbonyl (C=O) groups is 2. The summed E-state index contributed by atoms with van der Waals surface area (Å²) in [4.78, 5) is 23.8. The molecular formula is C15H20N2O4. The van der Waals surface area contributed by atoms with Crippen molar-refractivity contribution in [3.8, 4) is 5.75 Å². The van der Waals surface area contributed by atoms with Crippen LogP contribution in [0.2, 0.25) is 0 Å². The summed E-state index contributed by atoms with van der Waals surface area (Å²) in [6.45, 7) is 3.86. The van der Waals surface area contributed by atoms with E-state index in [0.717, 1.165) is 12.8 Å². The van der Waals surface area contributed by atoms with Crippen LogP contribution in [0.3, 0.4) is 0 Å². The number of nitrogen functional groups attached to an aromatic ring is 1. The number of anilines is 1. The van der Waals surface area contributed by atoms with E-state index < -0.39 is 12.1 Å². The van der Waals surface area contributed by atoms with Crippen molar-refractivity contribution >= 4 is 17.6 Å². The first-order chi connectivity index (χ1) is 9.99. The number of hydrogen-bond donors (Lipinski definition) is 2. The molecule has 0 spiro atoms. The van der Waals surface area contributed by atoms with Gasteiger partial charge in [0.2, 0.25) is 0 Å². The van der Waals surface area contributed by atoms with Gasteiger partial charge in [0, 0.05) is 17.8 Å². The molecule has 1 saturated carbocycles. The van der Waals surface area contributed by atoms with Crippen LogP contribution in [-0.2, 0) is 9.53 Å². The zero-order chi connectivity index (χ0) is 15.4. The van der Waals surface area contributed by atoms with Crippen LogP contribution in [0.4, 0.5) is 5.69 Å². The second-order valence-corrected chi connectivity index (χ2v) is 5.05. The number of amides is 1. The maximum absolute atomic E-state index is 12.1. The van der Waals surface area contributed by atoms with Gasteiger partial charge >= 0.3 is 5.97 Å². The largest absolute Gasteiger partial charge is 0.494 e. The molecule has 1 fully saturated rings. The standard InChI is InChI=1S/C15H20N2O4/c1-3-20-13-7-10(6-11(16)8-13)15(19)21-9(2)14(18)17-12-4-5-12/h6-9,12H,3-5,16H2,1-2H3,(H,17,18). The van der Waals surface area contributed by atoms with E-state index in [2.05, 4.69) is 5.32 Å². The molecule has 0 radical (unpaired) electrons. The van der Waals surface area contributed by atoms with Crippen LogP contribution in [0.5, 0.6) is 5.75 Å². The van der Waals surface area contributed by atoms with Crippen LogP contribution in [0.1, 0.15) is 37.0 Å². The third-order valence-corrected chi connectivity index (χ3v) is 3.05. The molecule has 6 nitrogen and oxygen atoms in total. The van der Waals surface area contributed by atoms with Crippen molar-refractivity contribution in [2.75, 3.05) is 12.3 Å². The first-order valence-electron chi connectivity index (χ1n) is 7.04. The molecule has 0 saturated heterocycles. The highest BCUT2D eigenvalue weighted by atomic mass is 16.5. The third kappa shape index (κ3) is 4.37. The Morgan fingerprint density at radius 2 is 2.10 bits per heavy atom. The van der Waals surface area contributed by atoms with Crippen LogP contribution < -0.4 is 15.8 Å². The van der Waals surface area contributed by atoms with Gasteiger partial charge in [0.25, 0.3) is 5.91 Å². The second kappa shape index (κ2) is 6.47. The Morgan fingerprint density at radius 3 is 2.71 bits per heavy atom. The van der Waals surface area contributed by atoms with Gasteiger partial charge in [-0.1, -0.05) is 0 Å². The van der Waals surface area contributed by atoms with E-state index in [9.17, 15) is 9.59 Å². The van der Waals surface area contributed by atoms with E-state index in [4.69, 9.17) is 15.2 Å². The molecule has 1 atom stereocenters. The van der Waals surface area contributed by atoms with E-state index in [1.54, 1.807) is 19.1 Å². The van der Waals surface area contributed by atoms with Gasteiger partial charge in [-0.3, -0.25) is 4.79 Å². The van der Waals surface area contributed by atoms with Crippen LogP contribution in [0, 0.1) is 0 Å². The molecule has 114 valence electrons. The number of benzene rings is 1. The molecule has 1 aliphatic rings. The number of hydrogen-bond acceptors (Lipinski definition) is 5. The molecule has 0 bridgehead atoms. The van der Waals surface area contributed by atoms with E-state index >= 15 is 0 Å². The van der Waals surface area contributed by atoms with Gasteiger partial charge in [0.15, 0.2) is 6.10 Å². The average molecular weight is 292 g/mol. The van der Waals surface area contributed by atoms with Gasteiger partial charge < -0.3 is 20.5 Å². The highest BCUT2D eigenvalue weighted by molar-refractivity contribution is 5.93. The van der Waals surface area contributed by atoms with E-state index in [0.29, 0.717) is 18.0 Å². The summed E-state index contributed by atoms with van der Waals surface area (Å²) >= 11 is 0. The van der Waals surface area contributed by atoms with Crippen molar-refractivity contribution in [2.45, 2.75) is 38.8 Å². The van der Waals surface area contributed by atoms with Crippen molar-refractivity contribution in [1.82, 2.24) is 5.32 Å². The molecule has 0 aliphatic heterocycles. The lowest BCUT2D eigenvalue weighted by molar-refractivity contribution is -0.129. The van der Waals surface area contributed by atoms with Gasteiger partial charge in [0.05, 0.1) is 12.2 Å². The van der Waals surface area contributed by atoms with Crippen molar-refractivity contribution < 1.29 is 19.1 Å². The summed E-state index contributed by atoms with van der Waals surface area (Å²) in [7, 11) is 0. The fourth-order valence-electron chi connectivity index (χ4n) is 1.82. The summed E-state index contributed by atoms with van der Waals surface area (Å²) in [6, 6.07) is 4.91. The Labute approximate surface area is 123 Å². The molecule has 21 heavy (non-hydrogen) atoms. The van der Waals surface area contributed by atoms with Crippen LogP contribution in [0.15, 0.2) is 18.2 Å². The molecule has 1 unspecified atom stereocenters. The first kappa shape index (κ1) is 15.2. The van der Waals surface area contributed by atoms with Crippen molar-refractivity contribution in [3.05, 3.63) is 23.8 Å². The van der Waals surface area contributed by atoms with Crippen molar-refractivity contribution in [2.24, 2.45) is 0 Å². The van der Waals surface area contributed by atoms with Crippen molar-refractivity contribution in [1.29, 1.82) is 0 Å². The molecule has 1 aromatic rings.